The summed E-state index contributed by atoms with van der Waals surface area (Å²) in [7, 11) is 0. The standard InChI is InChI=1S/C14H10Br2O/c15-14(16)13(17)12-8-6-11(7-9-12)10-4-2-1-3-5-10/h1-9,14H. The van der Waals surface area contributed by atoms with Crippen LogP contribution in [0.25, 0.3) is 11.1 Å². The van der Waals surface area contributed by atoms with Gasteiger partial charge in [0.05, 0.1) is 0 Å². The molecule has 0 fully saturated rings. The Morgan fingerprint density at radius 2 is 1.35 bits per heavy atom. The van der Waals surface area contributed by atoms with Crippen LogP contribution in [0.1, 0.15) is 10.4 Å². The molecule has 0 heterocycles. The van der Waals surface area contributed by atoms with E-state index in [9.17, 15) is 4.79 Å². The van der Waals surface area contributed by atoms with Gasteiger partial charge in [-0.05, 0) is 11.1 Å². The highest BCUT2D eigenvalue weighted by atomic mass is 79.9. The molecule has 0 saturated carbocycles. The van der Waals surface area contributed by atoms with Gasteiger partial charge < -0.3 is 0 Å². The van der Waals surface area contributed by atoms with Crippen LogP contribution >= 0.6 is 31.9 Å². The first-order chi connectivity index (χ1) is 8.18. The van der Waals surface area contributed by atoms with Crippen molar-refractivity contribution < 1.29 is 4.79 Å². The molecular weight excluding hydrogens is 344 g/mol. The van der Waals surface area contributed by atoms with E-state index in [1.165, 1.54) is 0 Å². The van der Waals surface area contributed by atoms with Gasteiger partial charge in [-0.25, -0.2) is 0 Å². The fraction of sp³-hybridized carbons (Fsp3) is 0.0714. The van der Waals surface area contributed by atoms with Crippen LogP contribution in [-0.2, 0) is 0 Å². The second-order valence-corrected chi connectivity index (χ2v) is 6.67. The third kappa shape index (κ3) is 3.05. The zero-order chi connectivity index (χ0) is 12.3. The molecule has 0 aliphatic rings. The van der Waals surface area contributed by atoms with Crippen LogP contribution in [0, 0.1) is 0 Å². The van der Waals surface area contributed by atoms with E-state index < -0.39 is 0 Å². The number of hydrogen-bond acceptors (Lipinski definition) is 1. The van der Waals surface area contributed by atoms with E-state index in [-0.39, 0.29) is 9.52 Å². The maximum absolute atomic E-state index is 11.7. The molecule has 0 bridgehead atoms. The zero-order valence-corrected chi connectivity index (χ0v) is 12.1. The van der Waals surface area contributed by atoms with E-state index in [2.05, 4.69) is 44.0 Å². The van der Waals surface area contributed by atoms with Gasteiger partial charge in [0, 0.05) is 5.56 Å². The number of carbonyl (C=O) groups excluding carboxylic acids is 1. The fourth-order valence-electron chi connectivity index (χ4n) is 1.58. The van der Waals surface area contributed by atoms with Crippen molar-refractivity contribution in [2.24, 2.45) is 0 Å². The van der Waals surface area contributed by atoms with Gasteiger partial charge in [-0.3, -0.25) is 4.79 Å². The largest absolute Gasteiger partial charge is 0.292 e. The van der Waals surface area contributed by atoms with Gasteiger partial charge in [0.25, 0.3) is 0 Å². The number of rotatable bonds is 3. The molecule has 0 radical (unpaired) electrons. The molecule has 0 aromatic heterocycles. The second-order valence-electron chi connectivity index (χ2n) is 3.61. The Morgan fingerprint density at radius 1 is 0.824 bits per heavy atom. The Balaban J connectivity index is 2.28. The second kappa shape index (κ2) is 5.61. The van der Waals surface area contributed by atoms with Crippen molar-refractivity contribution in [1.29, 1.82) is 0 Å². The topological polar surface area (TPSA) is 17.1 Å². The van der Waals surface area contributed by atoms with Crippen LogP contribution in [0.4, 0.5) is 0 Å². The molecule has 1 nitrogen and oxygen atoms in total. The Bertz CT molecular complexity index is 504. The lowest BCUT2D eigenvalue weighted by molar-refractivity contribution is 0.101. The Labute approximate surface area is 117 Å². The monoisotopic (exact) mass is 352 g/mol. The number of carbonyl (C=O) groups is 1. The van der Waals surface area contributed by atoms with Crippen LogP contribution in [0.15, 0.2) is 54.6 Å². The number of benzene rings is 2. The van der Waals surface area contributed by atoms with Gasteiger partial charge in [0.15, 0.2) is 5.78 Å². The summed E-state index contributed by atoms with van der Waals surface area (Å²) in [6.07, 6.45) is 0. The summed E-state index contributed by atoms with van der Waals surface area (Å²) >= 11 is 6.41. The molecular formula is C14H10Br2O. The summed E-state index contributed by atoms with van der Waals surface area (Å²) in [6.45, 7) is 0. The molecule has 2 aromatic carbocycles. The molecule has 0 atom stereocenters. The number of Topliss-reactive ketones (excluding diaryl/α,β-unsaturated/α-hetero) is 1. The highest BCUT2D eigenvalue weighted by Gasteiger charge is 2.12. The van der Waals surface area contributed by atoms with E-state index in [0.717, 1.165) is 11.1 Å². The predicted octanol–water partition coefficient (Wildman–Crippen LogP) is 4.65. The minimum atomic E-state index is -0.322. The molecule has 0 saturated heterocycles. The molecule has 0 spiro atoms. The van der Waals surface area contributed by atoms with Crippen molar-refractivity contribution in [3.05, 3.63) is 60.2 Å². The normalized spacial score (nSPS) is 10.5. The lowest BCUT2D eigenvalue weighted by atomic mass is 10.0. The maximum atomic E-state index is 11.7. The minimum absolute atomic E-state index is 0.0320. The van der Waals surface area contributed by atoms with Crippen molar-refractivity contribution in [2.75, 3.05) is 0 Å². The van der Waals surface area contributed by atoms with Crippen LogP contribution in [0.2, 0.25) is 0 Å². The SMILES string of the molecule is O=C(c1ccc(-c2ccccc2)cc1)C(Br)Br. The summed E-state index contributed by atoms with van der Waals surface area (Å²) in [5, 5.41) is 0. The lowest BCUT2D eigenvalue weighted by Gasteiger charge is -2.04. The number of ketones is 1. The first kappa shape index (κ1) is 12.5. The third-order valence-corrected chi connectivity index (χ3v) is 3.31. The summed E-state index contributed by atoms with van der Waals surface area (Å²) in [6, 6.07) is 17.7. The summed E-state index contributed by atoms with van der Waals surface area (Å²) < 4.78 is -0.322. The Kier molecular flexibility index (Phi) is 4.13. The average molecular weight is 354 g/mol. The number of halogens is 2. The third-order valence-electron chi connectivity index (χ3n) is 2.47. The van der Waals surface area contributed by atoms with Gasteiger partial charge in [0.1, 0.15) is 3.74 Å². The van der Waals surface area contributed by atoms with Crippen molar-refractivity contribution in [3.63, 3.8) is 0 Å². The maximum Gasteiger partial charge on any atom is 0.187 e. The van der Waals surface area contributed by atoms with E-state index in [4.69, 9.17) is 0 Å². The number of hydrogen-bond donors (Lipinski definition) is 0. The van der Waals surface area contributed by atoms with Crippen LogP contribution < -0.4 is 0 Å². The summed E-state index contributed by atoms with van der Waals surface area (Å²) in [5.74, 6) is 0.0320. The molecule has 86 valence electrons. The first-order valence-corrected chi connectivity index (χ1v) is 6.99. The van der Waals surface area contributed by atoms with Crippen LogP contribution in [0.5, 0.6) is 0 Å². The smallest absolute Gasteiger partial charge is 0.187 e. The van der Waals surface area contributed by atoms with Crippen molar-refractivity contribution in [3.8, 4) is 11.1 Å². The molecule has 2 aromatic rings. The first-order valence-electron chi connectivity index (χ1n) is 5.16. The molecule has 2 rings (SSSR count). The van der Waals surface area contributed by atoms with Gasteiger partial charge in [-0.15, -0.1) is 0 Å². The summed E-state index contributed by atoms with van der Waals surface area (Å²) in [5.41, 5.74) is 2.96. The fourth-order valence-corrected chi connectivity index (χ4v) is 2.11. The number of alkyl halides is 2. The molecule has 3 heteroatoms. The van der Waals surface area contributed by atoms with E-state index >= 15 is 0 Å². The molecule has 0 aliphatic heterocycles. The van der Waals surface area contributed by atoms with Gasteiger partial charge in [-0.2, -0.15) is 0 Å². The zero-order valence-electron chi connectivity index (χ0n) is 8.94. The Hall–Kier alpha value is -0.930. The van der Waals surface area contributed by atoms with E-state index in [1.54, 1.807) is 0 Å². The van der Waals surface area contributed by atoms with E-state index in [0.29, 0.717) is 5.56 Å². The van der Waals surface area contributed by atoms with Gasteiger partial charge in [-0.1, -0.05) is 86.5 Å². The average Bonchev–Trinajstić information content (AvgIpc) is 2.39. The van der Waals surface area contributed by atoms with Crippen molar-refractivity contribution in [1.82, 2.24) is 0 Å². The van der Waals surface area contributed by atoms with Crippen LogP contribution in [0.3, 0.4) is 0 Å². The molecule has 17 heavy (non-hydrogen) atoms. The minimum Gasteiger partial charge on any atom is -0.292 e. The summed E-state index contributed by atoms with van der Waals surface area (Å²) in [4.78, 5) is 11.7. The predicted molar refractivity (Wildman–Crippen MR) is 77.9 cm³/mol. The van der Waals surface area contributed by atoms with Crippen molar-refractivity contribution in [2.45, 2.75) is 3.74 Å². The van der Waals surface area contributed by atoms with E-state index in [1.807, 2.05) is 42.5 Å². The van der Waals surface area contributed by atoms with Gasteiger partial charge >= 0.3 is 0 Å². The van der Waals surface area contributed by atoms with Crippen LogP contribution in [-0.4, -0.2) is 9.52 Å². The highest BCUT2D eigenvalue weighted by Crippen LogP contribution is 2.21. The molecule has 0 N–H and O–H groups in total. The molecule has 0 unspecified atom stereocenters. The lowest BCUT2D eigenvalue weighted by Crippen LogP contribution is -2.06. The van der Waals surface area contributed by atoms with Crippen molar-refractivity contribution >= 4 is 37.6 Å². The Morgan fingerprint density at radius 3 is 1.88 bits per heavy atom. The van der Waals surface area contributed by atoms with Gasteiger partial charge in [0.2, 0.25) is 0 Å². The molecule has 0 aliphatic carbocycles. The molecule has 0 amide bonds. The highest BCUT2D eigenvalue weighted by molar-refractivity contribution is 9.25. The quantitative estimate of drug-likeness (QED) is 0.579.